The summed E-state index contributed by atoms with van der Waals surface area (Å²) in [6.07, 6.45) is -3.35. The molecule has 2 rings (SSSR count). The van der Waals surface area contributed by atoms with Crippen molar-refractivity contribution in [2.24, 2.45) is 0 Å². The molecule has 0 unspecified atom stereocenters. The molecule has 0 atom stereocenters. The fourth-order valence-electron chi connectivity index (χ4n) is 1.30. The van der Waals surface area contributed by atoms with Gasteiger partial charge in [0, 0.05) is 12.3 Å². The number of nitrogens with zero attached hydrogens (tertiary/aromatic N) is 1. The van der Waals surface area contributed by atoms with Gasteiger partial charge in [-0.15, -0.1) is 13.2 Å². The third kappa shape index (κ3) is 4.28. The molecule has 0 fully saturated rings. The van der Waals surface area contributed by atoms with E-state index in [4.69, 9.17) is 16.3 Å². The number of hydrogen-bond donors (Lipinski definition) is 0. The second-order valence-electron chi connectivity index (χ2n) is 3.56. The molecule has 1 heterocycles. The van der Waals surface area contributed by atoms with E-state index in [1.165, 1.54) is 24.4 Å². The molecule has 1 aromatic carbocycles. The van der Waals surface area contributed by atoms with Crippen LogP contribution in [-0.4, -0.2) is 11.3 Å². The highest BCUT2D eigenvalue weighted by Crippen LogP contribution is 2.34. The summed E-state index contributed by atoms with van der Waals surface area (Å²) < 4.78 is 45.6. The summed E-state index contributed by atoms with van der Waals surface area (Å²) in [5, 5.41) is 0.451. The van der Waals surface area contributed by atoms with Crippen LogP contribution in [0.3, 0.4) is 0 Å². The molecule has 0 aliphatic rings. The summed E-state index contributed by atoms with van der Waals surface area (Å²) >= 11 is 8.65. The second-order valence-corrected chi connectivity index (χ2v) is 4.85. The molecule has 0 N–H and O–H groups in total. The zero-order valence-electron chi connectivity index (χ0n) is 9.62. The molecule has 1 aromatic heterocycles. The monoisotopic (exact) mass is 367 g/mol. The van der Waals surface area contributed by atoms with Crippen LogP contribution in [0.5, 0.6) is 17.4 Å². The van der Waals surface area contributed by atoms with Crippen molar-refractivity contribution in [3.05, 3.63) is 46.0 Å². The van der Waals surface area contributed by atoms with Crippen LogP contribution in [0, 0.1) is 0 Å². The Morgan fingerprint density at radius 1 is 1.15 bits per heavy atom. The second kappa shape index (κ2) is 5.88. The van der Waals surface area contributed by atoms with Gasteiger partial charge in [-0.3, -0.25) is 0 Å². The number of halogens is 5. The zero-order valence-corrected chi connectivity index (χ0v) is 12.0. The maximum absolute atomic E-state index is 12.1. The third-order valence-corrected chi connectivity index (χ3v) is 2.89. The Balaban J connectivity index is 2.14. The molecule has 2 aromatic rings. The number of benzene rings is 1. The number of hydrogen-bond acceptors (Lipinski definition) is 3. The highest BCUT2D eigenvalue weighted by atomic mass is 79.9. The van der Waals surface area contributed by atoms with Gasteiger partial charge in [-0.05, 0) is 40.2 Å². The first-order valence-electron chi connectivity index (χ1n) is 5.18. The maximum Gasteiger partial charge on any atom is 0.573 e. The highest BCUT2D eigenvalue weighted by molar-refractivity contribution is 9.10. The van der Waals surface area contributed by atoms with Gasteiger partial charge in [0.05, 0.1) is 9.50 Å². The molecule has 106 valence electrons. The van der Waals surface area contributed by atoms with Crippen LogP contribution < -0.4 is 9.47 Å². The van der Waals surface area contributed by atoms with Crippen molar-refractivity contribution < 1.29 is 22.6 Å². The van der Waals surface area contributed by atoms with E-state index < -0.39 is 6.36 Å². The normalized spacial score (nSPS) is 11.2. The Labute approximate surface area is 125 Å². The van der Waals surface area contributed by atoms with Crippen molar-refractivity contribution in [1.29, 1.82) is 0 Å². The van der Waals surface area contributed by atoms with Gasteiger partial charge in [0.25, 0.3) is 0 Å². The van der Waals surface area contributed by atoms with E-state index in [0.29, 0.717) is 10.8 Å². The lowest BCUT2D eigenvalue weighted by Crippen LogP contribution is -2.17. The van der Waals surface area contributed by atoms with Crippen molar-refractivity contribution in [3.8, 4) is 17.4 Å². The Bertz CT molecular complexity index is 605. The topological polar surface area (TPSA) is 31.4 Å². The minimum absolute atomic E-state index is 0.112. The maximum atomic E-state index is 12.1. The van der Waals surface area contributed by atoms with Crippen molar-refractivity contribution in [2.75, 3.05) is 0 Å². The zero-order chi connectivity index (χ0) is 14.8. The first kappa shape index (κ1) is 14.9. The van der Waals surface area contributed by atoms with E-state index in [0.717, 1.165) is 6.07 Å². The fourth-order valence-corrected chi connectivity index (χ4v) is 1.85. The van der Waals surface area contributed by atoms with Crippen LogP contribution in [0.1, 0.15) is 0 Å². The Hall–Kier alpha value is -1.47. The average Bonchev–Trinajstić information content (AvgIpc) is 2.34. The molecule has 3 nitrogen and oxygen atoms in total. The molecule has 0 bridgehead atoms. The molecule has 0 radical (unpaired) electrons. The lowest BCUT2D eigenvalue weighted by Gasteiger charge is -2.11. The van der Waals surface area contributed by atoms with Gasteiger partial charge in [0.2, 0.25) is 5.88 Å². The van der Waals surface area contributed by atoms with Gasteiger partial charge in [-0.25, -0.2) is 4.98 Å². The molecule has 8 heteroatoms. The van der Waals surface area contributed by atoms with Crippen molar-refractivity contribution >= 4 is 27.5 Å². The van der Waals surface area contributed by atoms with E-state index >= 15 is 0 Å². The highest BCUT2D eigenvalue weighted by Gasteiger charge is 2.32. The number of alkyl halides is 3. The van der Waals surface area contributed by atoms with Gasteiger partial charge < -0.3 is 9.47 Å². The summed E-state index contributed by atoms with van der Waals surface area (Å²) in [6.45, 7) is 0. The van der Waals surface area contributed by atoms with Crippen molar-refractivity contribution in [2.45, 2.75) is 6.36 Å². The predicted octanol–water partition coefficient (Wildman–Crippen LogP) is 5.19. The van der Waals surface area contributed by atoms with Crippen LogP contribution in [0.2, 0.25) is 5.02 Å². The van der Waals surface area contributed by atoms with E-state index in [1.54, 1.807) is 6.07 Å². The van der Waals surface area contributed by atoms with Gasteiger partial charge in [0.15, 0.2) is 0 Å². The Morgan fingerprint density at radius 3 is 2.45 bits per heavy atom. The fraction of sp³-hybridized carbons (Fsp3) is 0.0833. The van der Waals surface area contributed by atoms with Gasteiger partial charge in [0.1, 0.15) is 11.5 Å². The molecular formula is C12H6BrClF3NO2. The average molecular weight is 369 g/mol. The Kier molecular flexibility index (Phi) is 4.39. The molecule has 0 spiro atoms. The van der Waals surface area contributed by atoms with E-state index in [1.807, 2.05) is 0 Å². The first-order valence-corrected chi connectivity index (χ1v) is 6.35. The van der Waals surface area contributed by atoms with Crippen LogP contribution in [0.4, 0.5) is 13.2 Å². The standard InChI is InChI=1S/C12H6BrClF3NO2/c13-9-5-8(2-3-10(9)20-12(15,16)17)19-11-4-1-7(14)6-18-11/h1-6H. The van der Waals surface area contributed by atoms with Crippen molar-refractivity contribution in [3.63, 3.8) is 0 Å². The lowest BCUT2D eigenvalue weighted by atomic mass is 10.3. The van der Waals surface area contributed by atoms with Gasteiger partial charge >= 0.3 is 6.36 Å². The number of aromatic nitrogens is 1. The van der Waals surface area contributed by atoms with E-state index in [-0.39, 0.29) is 16.1 Å². The molecule has 0 aliphatic carbocycles. The number of ether oxygens (including phenoxy) is 2. The van der Waals surface area contributed by atoms with Crippen LogP contribution in [0.15, 0.2) is 41.0 Å². The van der Waals surface area contributed by atoms with Crippen LogP contribution in [-0.2, 0) is 0 Å². The largest absolute Gasteiger partial charge is 0.573 e. The first-order chi connectivity index (χ1) is 9.33. The summed E-state index contributed by atoms with van der Waals surface area (Å²) in [5.74, 6) is 0.223. The van der Waals surface area contributed by atoms with E-state index in [9.17, 15) is 13.2 Å². The Morgan fingerprint density at radius 2 is 1.90 bits per heavy atom. The molecule has 0 saturated heterocycles. The quantitative estimate of drug-likeness (QED) is 0.747. The summed E-state index contributed by atoms with van der Waals surface area (Å²) in [7, 11) is 0. The molecular weight excluding hydrogens is 362 g/mol. The van der Waals surface area contributed by atoms with E-state index in [2.05, 4.69) is 25.7 Å². The van der Waals surface area contributed by atoms with Gasteiger partial charge in [-0.2, -0.15) is 0 Å². The minimum atomic E-state index is -4.75. The van der Waals surface area contributed by atoms with Crippen LogP contribution in [0.25, 0.3) is 0 Å². The smallest absolute Gasteiger partial charge is 0.439 e. The predicted molar refractivity (Wildman–Crippen MR) is 70.1 cm³/mol. The summed E-state index contributed by atoms with van der Waals surface area (Å²) in [5.41, 5.74) is 0. The lowest BCUT2D eigenvalue weighted by molar-refractivity contribution is -0.274. The van der Waals surface area contributed by atoms with Crippen molar-refractivity contribution in [1.82, 2.24) is 4.98 Å². The molecule has 0 saturated carbocycles. The van der Waals surface area contributed by atoms with Crippen LogP contribution >= 0.6 is 27.5 Å². The van der Waals surface area contributed by atoms with Gasteiger partial charge in [-0.1, -0.05) is 11.6 Å². The third-order valence-electron chi connectivity index (χ3n) is 2.05. The molecule has 20 heavy (non-hydrogen) atoms. The minimum Gasteiger partial charge on any atom is -0.439 e. The summed E-state index contributed by atoms with van der Waals surface area (Å²) in [4.78, 5) is 3.90. The molecule has 0 aliphatic heterocycles. The molecule has 0 amide bonds. The number of rotatable bonds is 3. The SMILES string of the molecule is FC(F)(F)Oc1ccc(Oc2ccc(Cl)cn2)cc1Br. The summed E-state index contributed by atoms with van der Waals surface area (Å²) in [6, 6.07) is 6.94. The number of pyridine rings is 1.